The second-order valence-corrected chi connectivity index (χ2v) is 3.64. The van der Waals surface area contributed by atoms with Crippen LogP contribution in [0.5, 0.6) is 0 Å². The highest BCUT2D eigenvalue weighted by Gasteiger charge is 2.18. The Morgan fingerprint density at radius 1 is 1.60 bits per heavy atom. The molecule has 0 fully saturated rings. The van der Waals surface area contributed by atoms with Gasteiger partial charge < -0.3 is 15.7 Å². The maximum absolute atomic E-state index is 11.0. The number of nitrogens with zero attached hydrogens (tertiary/aromatic N) is 1. The van der Waals surface area contributed by atoms with Crippen molar-refractivity contribution in [1.82, 2.24) is 10.6 Å². The van der Waals surface area contributed by atoms with Crippen LogP contribution in [0.1, 0.15) is 6.42 Å². The summed E-state index contributed by atoms with van der Waals surface area (Å²) in [4.78, 5) is 21.7. The molecule has 0 aliphatic carbocycles. The molecule has 1 atom stereocenters. The van der Waals surface area contributed by atoms with Crippen molar-refractivity contribution in [2.24, 2.45) is 0 Å². The fraction of sp³-hybridized carbons (Fsp3) is 0.625. The maximum Gasteiger partial charge on any atom is 0.326 e. The average Bonchev–Trinajstić information content (AvgIpc) is 2.20. The Morgan fingerprint density at radius 2 is 2.27 bits per heavy atom. The largest absolute Gasteiger partial charge is 0.480 e. The van der Waals surface area contributed by atoms with Gasteiger partial charge in [-0.3, -0.25) is 0 Å². The van der Waals surface area contributed by atoms with E-state index in [9.17, 15) is 9.59 Å². The third-order valence-corrected chi connectivity index (χ3v) is 2.19. The summed E-state index contributed by atoms with van der Waals surface area (Å²) in [6.07, 6.45) is 2.21. The molecule has 84 valence electrons. The first kappa shape index (κ1) is 13.6. The number of urea groups is 1. The third kappa shape index (κ3) is 6.62. The van der Waals surface area contributed by atoms with Gasteiger partial charge in [-0.1, -0.05) is 0 Å². The molecule has 0 aromatic rings. The summed E-state index contributed by atoms with van der Waals surface area (Å²) < 4.78 is 0. The Bertz CT molecular complexity index is 264. The van der Waals surface area contributed by atoms with E-state index in [-0.39, 0.29) is 6.54 Å². The molecule has 6 nitrogen and oxygen atoms in total. The van der Waals surface area contributed by atoms with Gasteiger partial charge in [0.1, 0.15) is 12.6 Å². The van der Waals surface area contributed by atoms with Gasteiger partial charge in [-0.25, -0.2) is 9.59 Å². The number of rotatable bonds is 6. The molecule has 0 aromatic carbocycles. The van der Waals surface area contributed by atoms with Crippen molar-refractivity contribution in [1.29, 1.82) is 5.26 Å². The summed E-state index contributed by atoms with van der Waals surface area (Å²) in [5.41, 5.74) is 0. The van der Waals surface area contributed by atoms with Gasteiger partial charge in [0, 0.05) is 0 Å². The molecule has 0 spiro atoms. The van der Waals surface area contributed by atoms with Gasteiger partial charge in [0.05, 0.1) is 6.07 Å². The van der Waals surface area contributed by atoms with Crippen molar-refractivity contribution in [3.8, 4) is 6.07 Å². The van der Waals surface area contributed by atoms with Gasteiger partial charge in [0.2, 0.25) is 0 Å². The number of amides is 2. The van der Waals surface area contributed by atoms with Crippen molar-refractivity contribution >= 4 is 23.8 Å². The normalized spacial score (nSPS) is 11.2. The van der Waals surface area contributed by atoms with Gasteiger partial charge >= 0.3 is 12.0 Å². The molecule has 0 bridgehead atoms. The number of nitriles is 1. The fourth-order valence-electron chi connectivity index (χ4n) is 0.822. The van der Waals surface area contributed by atoms with E-state index in [1.807, 2.05) is 6.26 Å². The van der Waals surface area contributed by atoms with Crippen LogP contribution in [0.25, 0.3) is 0 Å². The molecular weight excluding hydrogens is 218 g/mol. The number of aliphatic carboxylic acids is 1. The fourth-order valence-corrected chi connectivity index (χ4v) is 1.29. The first-order chi connectivity index (χ1) is 7.11. The lowest BCUT2D eigenvalue weighted by Crippen LogP contribution is -2.46. The van der Waals surface area contributed by atoms with Crippen molar-refractivity contribution in [3.05, 3.63) is 0 Å². The molecule has 15 heavy (non-hydrogen) atoms. The number of hydrogen-bond acceptors (Lipinski definition) is 4. The Morgan fingerprint density at radius 3 is 2.73 bits per heavy atom. The number of hydrogen-bond donors (Lipinski definition) is 3. The minimum atomic E-state index is -1.07. The topological polar surface area (TPSA) is 102 Å². The molecule has 0 aliphatic rings. The van der Waals surface area contributed by atoms with Gasteiger partial charge in [0.15, 0.2) is 0 Å². The smallest absolute Gasteiger partial charge is 0.326 e. The highest BCUT2D eigenvalue weighted by atomic mass is 32.2. The minimum absolute atomic E-state index is 0.138. The van der Waals surface area contributed by atoms with Crippen LogP contribution in [0.4, 0.5) is 4.79 Å². The van der Waals surface area contributed by atoms with Crippen molar-refractivity contribution in [2.75, 3.05) is 18.6 Å². The van der Waals surface area contributed by atoms with Crippen molar-refractivity contribution < 1.29 is 14.7 Å². The highest BCUT2D eigenvalue weighted by molar-refractivity contribution is 7.98. The predicted molar refractivity (Wildman–Crippen MR) is 56.6 cm³/mol. The lowest BCUT2D eigenvalue weighted by molar-refractivity contribution is -0.139. The number of carbonyl (C=O) groups excluding carboxylic acids is 1. The van der Waals surface area contributed by atoms with E-state index in [0.29, 0.717) is 12.2 Å². The number of carboxylic acid groups (broad SMARTS) is 1. The summed E-state index contributed by atoms with van der Waals surface area (Å²) in [7, 11) is 0. The van der Waals surface area contributed by atoms with Crippen LogP contribution in [0, 0.1) is 11.3 Å². The van der Waals surface area contributed by atoms with E-state index >= 15 is 0 Å². The average molecular weight is 231 g/mol. The molecule has 0 radical (unpaired) electrons. The number of nitrogens with one attached hydrogen (secondary N) is 2. The van der Waals surface area contributed by atoms with Crippen LogP contribution in [0.3, 0.4) is 0 Å². The minimum Gasteiger partial charge on any atom is -0.480 e. The lowest BCUT2D eigenvalue weighted by Gasteiger charge is -2.13. The molecular formula is C8H13N3O3S. The molecule has 2 amide bonds. The van der Waals surface area contributed by atoms with Crippen molar-refractivity contribution in [3.63, 3.8) is 0 Å². The van der Waals surface area contributed by atoms with Crippen LogP contribution in [-0.2, 0) is 4.79 Å². The highest BCUT2D eigenvalue weighted by Crippen LogP contribution is 2.00. The molecule has 0 aromatic heterocycles. The Labute approximate surface area is 92.0 Å². The Kier molecular flexibility index (Phi) is 7.18. The molecule has 0 saturated carbocycles. The monoisotopic (exact) mass is 231 g/mol. The molecule has 0 aliphatic heterocycles. The quantitative estimate of drug-likeness (QED) is 0.559. The molecule has 0 saturated heterocycles. The van der Waals surface area contributed by atoms with E-state index in [0.717, 1.165) is 0 Å². The summed E-state index contributed by atoms with van der Waals surface area (Å²) in [6.45, 7) is -0.138. The third-order valence-electron chi connectivity index (χ3n) is 1.54. The van der Waals surface area contributed by atoms with Gasteiger partial charge in [-0.15, -0.1) is 0 Å². The van der Waals surface area contributed by atoms with E-state index in [4.69, 9.17) is 10.4 Å². The first-order valence-electron chi connectivity index (χ1n) is 4.25. The first-order valence-corrected chi connectivity index (χ1v) is 5.64. The standard InChI is InChI=1S/C8H13N3O3S/c1-15-5-2-6(7(12)13)11-8(14)10-4-3-9/h6H,2,4-5H2,1H3,(H,12,13)(H2,10,11,14). The van der Waals surface area contributed by atoms with Gasteiger partial charge in [0.25, 0.3) is 0 Å². The molecule has 3 N–H and O–H groups in total. The van der Waals surface area contributed by atoms with E-state index < -0.39 is 18.0 Å². The zero-order chi connectivity index (χ0) is 11.7. The molecule has 1 unspecified atom stereocenters. The van der Waals surface area contributed by atoms with E-state index in [2.05, 4.69) is 10.6 Å². The van der Waals surface area contributed by atoms with Crippen LogP contribution >= 0.6 is 11.8 Å². The molecule has 7 heteroatoms. The van der Waals surface area contributed by atoms with Gasteiger partial charge in [-0.05, 0) is 18.4 Å². The number of carbonyl (C=O) groups is 2. The number of thioether (sulfide) groups is 1. The molecule has 0 heterocycles. The van der Waals surface area contributed by atoms with E-state index in [1.54, 1.807) is 6.07 Å². The summed E-state index contributed by atoms with van der Waals surface area (Å²) in [5.74, 6) is -0.425. The van der Waals surface area contributed by atoms with Gasteiger partial charge in [-0.2, -0.15) is 17.0 Å². The van der Waals surface area contributed by atoms with E-state index in [1.165, 1.54) is 11.8 Å². The zero-order valence-corrected chi connectivity index (χ0v) is 9.13. The van der Waals surface area contributed by atoms with Crippen LogP contribution in [0.2, 0.25) is 0 Å². The Hall–Kier alpha value is -1.42. The van der Waals surface area contributed by atoms with Crippen LogP contribution in [0.15, 0.2) is 0 Å². The number of carboxylic acids is 1. The maximum atomic E-state index is 11.0. The summed E-state index contributed by atoms with van der Waals surface area (Å²) in [5, 5.41) is 21.4. The second kappa shape index (κ2) is 7.94. The summed E-state index contributed by atoms with van der Waals surface area (Å²) >= 11 is 1.50. The van der Waals surface area contributed by atoms with Crippen LogP contribution < -0.4 is 10.6 Å². The lowest BCUT2D eigenvalue weighted by atomic mass is 10.2. The molecule has 0 rings (SSSR count). The van der Waals surface area contributed by atoms with Crippen molar-refractivity contribution in [2.45, 2.75) is 12.5 Å². The van der Waals surface area contributed by atoms with Crippen LogP contribution in [-0.4, -0.2) is 41.7 Å². The SMILES string of the molecule is CSCCC(NC(=O)NCC#N)C(=O)O. The predicted octanol–water partition coefficient (Wildman–Crippen LogP) is 0.0155. The summed E-state index contributed by atoms with van der Waals surface area (Å²) in [6, 6.07) is 0.180. The second-order valence-electron chi connectivity index (χ2n) is 2.66. The zero-order valence-electron chi connectivity index (χ0n) is 8.32. The Balaban J connectivity index is 3.99.